The highest BCUT2D eigenvalue weighted by atomic mass is 16.5. The van der Waals surface area contributed by atoms with Gasteiger partial charge >= 0.3 is 0 Å². The zero-order chi connectivity index (χ0) is 13.9. The molecule has 1 aromatic rings. The van der Waals surface area contributed by atoms with Crippen molar-refractivity contribution in [2.24, 2.45) is 5.41 Å². The van der Waals surface area contributed by atoms with Gasteiger partial charge in [0.2, 0.25) is 5.91 Å². The summed E-state index contributed by atoms with van der Waals surface area (Å²) in [5.74, 6) is 0.943. The van der Waals surface area contributed by atoms with Crippen LogP contribution in [-0.4, -0.2) is 36.2 Å². The molecule has 0 aromatic heterocycles. The Morgan fingerprint density at radius 1 is 1.42 bits per heavy atom. The van der Waals surface area contributed by atoms with E-state index in [1.165, 1.54) is 0 Å². The third kappa shape index (κ3) is 2.73. The van der Waals surface area contributed by atoms with E-state index in [9.17, 15) is 4.79 Å². The first-order valence-electron chi connectivity index (χ1n) is 6.63. The Hall–Kier alpha value is -1.55. The van der Waals surface area contributed by atoms with Gasteiger partial charge in [-0.1, -0.05) is 25.1 Å². The number of likely N-dealkylation sites (tertiary alicyclic amines) is 1. The number of ether oxygens (including phenoxy) is 1. The second kappa shape index (κ2) is 5.61. The summed E-state index contributed by atoms with van der Waals surface area (Å²) in [6.07, 6.45) is 1.34. The van der Waals surface area contributed by atoms with Crippen LogP contribution in [0.1, 0.15) is 25.3 Å². The molecule has 1 amide bonds. The van der Waals surface area contributed by atoms with Gasteiger partial charge in [0.05, 0.1) is 12.5 Å². The molecule has 0 bridgehead atoms. The van der Waals surface area contributed by atoms with Crippen molar-refractivity contribution < 1.29 is 14.6 Å². The number of aliphatic hydroxyl groups is 1. The van der Waals surface area contributed by atoms with Crippen LogP contribution in [0.3, 0.4) is 0 Å². The van der Waals surface area contributed by atoms with Crippen LogP contribution in [0.25, 0.3) is 0 Å². The first-order valence-corrected chi connectivity index (χ1v) is 6.63. The Labute approximate surface area is 114 Å². The topological polar surface area (TPSA) is 49.8 Å². The number of methoxy groups -OCH3 is 1. The van der Waals surface area contributed by atoms with Gasteiger partial charge in [0.25, 0.3) is 0 Å². The number of aliphatic hydroxyl groups excluding tert-OH is 1. The maximum Gasteiger partial charge on any atom is 0.228 e. The van der Waals surface area contributed by atoms with E-state index < -0.39 is 5.41 Å². The maximum absolute atomic E-state index is 12.4. The molecule has 1 heterocycles. The zero-order valence-electron chi connectivity index (χ0n) is 11.6. The van der Waals surface area contributed by atoms with Gasteiger partial charge in [-0.15, -0.1) is 0 Å². The molecule has 1 saturated heterocycles. The average molecular weight is 263 g/mol. The zero-order valence-corrected chi connectivity index (χ0v) is 11.6. The molecule has 4 nitrogen and oxygen atoms in total. The van der Waals surface area contributed by atoms with E-state index in [-0.39, 0.29) is 12.5 Å². The monoisotopic (exact) mass is 263 g/mol. The van der Waals surface area contributed by atoms with E-state index in [1.807, 2.05) is 36.1 Å². The number of para-hydroxylation sites is 1. The molecule has 19 heavy (non-hydrogen) atoms. The summed E-state index contributed by atoms with van der Waals surface area (Å²) in [5, 5.41) is 9.08. The summed E-state index contributed by atoms with van der Waals surface area (Å²) in [5.41, 5.74) is 0.614. The molecule has 2 rings (SSSR count). The molecule has 0 aliphatic carbocycles. The summed E-state index contributed by atoms with van der Waals surface area (Å²) in [7, 11) is 1.64. The summed E-state index contributed by atoms with van der Waals surface area (Å²) in [6.45, 7) is 3.32. The first kappa shape index (κ1) is 13.9. The van der Waals surface area contributed by atoms with Crippen molar-refractivity contribution in [1.82, 2.24) is 4.90 Å². The fourth-order valence-corrected chi connectivity index (χ4v) is 2.64. The molecule has 0 spiro atoms. The number of hydrogen-bond acceptors (Lipinski definition) is 3. The third-order valence-corrected chi connectivity index (χ3v) is 3.95. The second-order valence-corrected chi connectivity index (χ2v) is 5.32. The summed E-state index contributed by atoms with van der Waals surface area (Å²) >= 11 is 0. The average Bonchev–Trinajstić information content (AvgIpc) is 2.68. The Kier molecular flexibility index (Phi) is 4.10. The molecule has 1 N–H and O–H groups in total. The van der Waals surface area contributed by atoms with Gasteiger partial charge in [-0.3, -0.25) is 4.79 Å². The van der Waals surface area contributed by atoms with E-state index in [0.717, 1.165) is 24.3 Å². The van der Waals surface area contributed by atoms with Crippen LogP contribution in [0, 0.1) is 5.41 Å². The predicted octanol–water partition coefficient (Wildman–Crippen LogP) is 1.82. The minimum atomic E-state index is -0.406. The minimum Gasteiger partial charge on any atom is -0.496 e. The van der Waals surface area contributed by atoms with Crippen molar-refractivity contribution in [1.29, 1.82) is 0 Å². The van der Waals surface area contributed by atoms with Gasteiger partial charge < -0.3 is 14.7 Å². The van der Waals surface area contributed by atoms with Crippen LogP contribution >= 0.6 is 0 Å². The highest BCUT2D eigenvalue weighted by molar-refractivity contribution is 5.84. The molecule has 1 aliphatic heterocycles. The number of amides is 1. The molecule has 0 saturated carbocycles. The van der Waals surface area contributed by atoms with E-state index in [4.69, 9.17) is 9.84 Å². The van der Waals surface area contributed by atoms with E-state index in [1.54, 1.807) is 7.11 Å². The summed E-state index contributed by atoms with van der Waals surface area (Å²) in [4.78, 5) is 14.2. The third-order valence-electron chi connectivity index (χ3n) is 3.95. The van der Waals surface area contributed by atoms with Gasteiger partial charge in [-0.25, -0.2) is 0 Å². The van der Waals surface area contributed by atoms with Crippen molar-refractivity contribution in [3.05, 3.63) is 29.8 Å². The molecular formula is C15H21NO3. The highest BCUT2D eigenvalue weighted by Crippen LogP contribution is 2.36. The lowest BCUT2D eigenvalue weighted by atomic mass is 9.85. The molecule has 1 aliphatic rings. The molecule has 1 aromatic carbocycles. The Balaban J connectivity index is 2.11. The van der Waals surface area contributed by atoms with Crippen LogP contribution in [0.4, 0.5) is 0 Å². The van der Waals surface area contributed by atoms with Gasteiger partial charge in [-0.2, -0.15) is 0 Å². The maximum atomic E-state index is 12.4. The quantitative estimate of drug-likeness (QED) is 0.881. The normalized spacial score (nSPS) is 22.9. The van der Waals surface area contributed by atoms with E-state index in [2.05, 4.69) is 0 Å². The summed E-state index contributed by atoms with van der Waals surface area (Å²) < 4.78 is 5.31. The number of carbonyl (C=O) groups is 1. The largest absolute Gasteiger partial charge is 0.496 e. The molecule has 1 unspecified atom stereocenters. The van der Waals surface area contributed by atoms with Gasteiger partial charge in [0.15, 0.2) is 0 Å². The standard InChI is InChI=1S/C15H21NO3/c1-15(8-10-17)7-9-16(14(15)18)11-12-5-3-4-6-13(12)19-2/h3-6,17H,7-11H2,1-2H3. The van der Waals surface area contributed by atoms with Crippen LogP contribution in [0.2, 0.25) is 0 Å². The molecule has 4 heteroatoms. The van der Waals surface area contributed by atoms with Crippen LogP contribution < -0.4 is 4.74 Å². The number of nitrogens with zero attached hydrogens (tertiary/aromatic N) is 1. The molecule has 104 valence electrons. The van der Waals surface area contributed by atoms with E-state index >= 15 is 0 Å². The Bertz CT molecular complexity index is 460. The smallest absolute Gasteiger partial charge is 0.228 e. The fraction of sp³-hybridized carbons (Fsp3) is 0.533. The number of hydrogen-bond donors (Lipinski definition) is 1. The molecule has 1 atom stereocenters. The van der Waals surface area contributed by atoms with Gasteiger partial charge in [-0.05, 0) is 18.9 Å². The second-order valence-electron chi connectivity index (χ2n) is 5.32. The van der Waals surface area contributed by atoms with E-state index in [0.29, 0.717) is 13.0 Å². The number of rotatable bonds is 5. The SMILES string of the molecule is COc1ccccc1CN1CCC(C)(CCO)C1=O. The number of carbonyl (C=O) groups excluding carboxylic acids is 1. The lowest BCUT2D eigenvalue weighted by molar-refractivity contribution is -0.136. The highest BCUT2D eigenvalue weighted by Gasteiger charge is 2.42. The van der Waals surface area contributed by atoms with Crippen molar-refractivity contribution in [2.75, 3.05) is 20.3 Å². The van der Waals surface area contributed by atoms with Crippen molar-refractivity contribution in [3.63, 3.8) is 0 Å². The minimum absolute atomic E-state index is 0.0603. The number of benzene rings is 1. The summed E-state index contributed by atoms with van der Waals surface area (Å²) in [6, 6.07) is 7.76. The Morgan fingerprint density at radius 3 is 2.84 bits per heavy atom. The van der Waals surface area contributed by atoms with Gasteiger partial charge in [0.1, 0.15) is 5.75 Å². The van der Waals surface area contributed by atoms with Crippen LogP contribution in [-0.2, 0) is 11.3 Å². The lowest BCUT2D eigenvalue weighted by Crippen LogP contribution is -2.33. The lowest BCUT2D eigenvalue weighted by Gasteiger charge is -2.23. The van der Waals surface area contributed by atoms with Crippen molar-refractivity contribution in [2.45, 2.75) is 26.3 Å². The molecular weight excluding hydrogens is 242 g/mol. The van der Waals surface area contributed by atoms with Crippen LogP contribution in [0.5, 0.6) is 5.75 Å². The first-order chi connectivity index (χ1) is 9.10. The predicted molar refractivity (Wildman–Crippen MR) is 72.8 cm³/mol. The van der Waals surface area contributed by atoms with Gasteiger partial charge in [0, 0.05) is 25.3 Å². The van der Waals surface area contributed by atoms with Crippen molar-refractivity contribution in [3.8, 4) is 5.75 Å². The molecule has 1 fully saturated rings. The van der Waals surface area contributed by atoms with Crippen molar-refractivity contribution >= 4 is 5.91 Å². The Morgan fingerprint density at radius 2 is 2.16 bits per heavy atom. The molecule has 0 radical (unpaired) electrons. The fourth-order valence-electron chi connectivity index (χ4n) is 2.64. The van der Waals surface area contributed by atoms with Crippen LogP contribution in [0.15, 0.2) is 24.3 Å².